The molecule has 0 saturated carbocycles. The number of carbonyl (C=O) groups excluding carboxylic acids is 2. The van der Waals surface area contributed by atoms with Crippen molar-refractivity contribution in [2.75, 3.05) is 12.4 Å². The van der Waals surface area contributed by atoms with Crippen LogP contribution < -0.4 is 10.1 Å². The third kappa shape index (κ3) is 5.34. The largest absolute Gasteiger partial charge is 0.497 e. The Balaban J connectivity index is 1.86. The number of methoxy groups -OCH3 is 1. The third-order valence-corrected chi connectivity index (χ3v) is 5.23. The maximum absolute atomic E-state index is 13.0. The normalized spacial score (nSPS) is 15.1. The summed E-state index contributed by atoms with van der Waals surface area (Å²) < 4.78 is 3.25. The highest BCUT2D eigenvalue weighted by Crippen LogP contribution is 2.31. The zero-order chi connectivity index (χ0) is 22.1. The quantitative estimate of drug-likeness (QED) is 0.473. The number of ether oxygens (including phenoxy) is 1. The van der Waals surface area contributed by atoms with Gasteiger partial charge in [0, 0.05) is 16.8 Å². The molecule has 0 aliphatic carbocycles. The third-order valence-electron chi connectivity index (χ3n) is 4.72. The highest BCUT2D eigenvalue weighted by molar-refractivity contribution is 6.76. The molecule has 0 aromatic heterocycles. The van der Waals surface area contributed by atoms with Crippen LogP contribution in [0.3, 0.4) is 0 Å². The van der Waals surface area contributed by atoms with Gasteiger partial charge in [-0.3, -0.25) is 14.6 Å². The van der Waals surface area contributed by atoms with Crippen molar-refractivity contribution in [1.29, 1.82) is 0 Å². The zero-order valence-electron chi connectivity index (χ0n) is 16.8. The molecule has 1 heterocycles. The Morgan fingerprint density at radius 2 is 1.90 bits per heavy atom. The standard InChI is InChI=1S/C22H21Cl3N2O3/c1-21(2)12-14-7-8-16(30-3)10-17(14)18(27-21)11-19(28)13-5-4-6-15(9-13)26-20(29)22(23,24)25/h4-10H,11-12H2,1-3H3,(H,26,29). The minimum Gasteiger partial charge on any atom is -0.497 e. The maximum Gasteiger partial charge on any atom is 0.276 e. The summed E-state index contributed by atoms with van der Waals surface area (Å²) in [4.78, 5) is 29.7. The minimum absolute atomic E-state index is 0.117. The SMILES string of the molecule is COc1ccc2c(c1)C(CC(=O)c1cccc(NC(=O)C(Cl)(Cl)Cl)c1)=NC(C)(C)C2. The molecule has 158 valence electrons. The molecule has 3 rings (SSSR count). The molecule has 8 heteroatoms. The number of hydrogen-bond acceptors (Lipinski definition) is 4. The average Bonchev–Trinajstić information content (AvgIpc) is 2.66. The van der Waals surface area contributed by atoms with Crippen LogP contribution >= 0.6 is 34.8 Å². The van der Waals surface area contributed by atoms with Gasteiger partial charge in [-0.05, 0) is 50.1 Å². The van der Waals surface area contributed by atoms with Crippen LogP contribution in [0.2, 0.25) is 0 Å². The molecule has 0 saturated heterocycles. The van der Waals surface area contributed by atoms with Crippen molar-refractivity contribution in [2.45, 2.75) is 36.0 Å². The molecule has 0 atom stereocenters. The van der Waals surface area contributed by atoms with Gasteiger partial charge in [-0.2, -0.15) is 0 Å². The van der Waals surface area contributed by atoms with Crippen molar-refractivity contribution >= 4 is 57.9 Å². The van der Waals surface area contributed by atoms with Gasteiger partial charge in [0.1, 0.15) is 5.75 Å². The lowest BCUT2D eigenvalue weighted by Gasteiger charge is -2.29. The molecule has 0 radical (unpaired) electrons. The number of rotatable bonds is 5. The molecule has 0 unspecified atom stereocenters. The summed E-state index contributed by atoms with van der Waals surface area (Å²) in [5.74, 6) is -0.216. The molecule has 5 nitrogen and oxygen atoms in total. The Morgan fingerprint density at radius 1 is 1.17 bits per heavy atom. The van der Waals surface area contributed by atoms with E-state index in [4.69, 9.17) is 44.5 Å². The van der Waals surface area contributed by atoms with Crippen LogP contribution in [0.15, 0.2) is 47.5 Å². The lowest BCUT2D eigenvalue weighted by molar-refractivity contribution is -0.115. The average molecular weight is 468 g/mol. The lowest BCUT2D eigenvalue weighted by Crippen LogP contribution is -2.30. The number of nitrogens with zero attached hydrogens (tertiary/aromatic N) is 1. The first-order chi connectivity index (χ1) is 14.0. The number of amides is 1. The molecule has 2 aromatic rings. The molecule has 1 aliphatic heterocycles. The van der Waals surface area contributed by atoms with Crippen molar-refractivity contribution in [2.24, 2.45) is 4.99 Å². The number of halogens is 3. The number of hydrogen-bond donors (Lipinski definition) is 1. The predicted molar refractivity (Wildman–Crippen MR) is 122 cm³/mol. The first kappa shape index (κ1) is 22.6. The van der Waals surface area contributed by atoms with Gasteiger partial charge < -0.3 is 10.1 Å². The van der Waals surface area contributed by atoms with E-state index in [1.54, 1.807) is 31.4 Å². The first-order valence-electron chi connectivity index (χ1n) is 9.26. The maximum atomic E-state index is 13.0. The molecule has 0 bridgehead atoms. The number of nitrogens with one attached hydrogen (secondary N) is 1. The van der Waals surface area contributed by atoms with Crippen LogP contribution in [0.5, 0.6) is 5.75 Å². The van der Waals surface area contributed by atoms with Gasteiger partial charge in [-0.1, -0.05) is 53.0 Å². The second-order valence-electron chi connectivity index (χ2n) is 7.70. The molecule has 1 N–H and O–H groups in total. The predicted octanol–water partition coefficient (Wildman–Crippen LogP) is 5.40. The summed E-state index contributed by atoms with van der Waals surface area (Å²) in [6.07, 6.45) is 0.897. The Hall–Kier alpha value is -2.08. The topological polar surface area (TPSA) is 67.8 Å². The fraction of sp³-hybridized carbons (Fsp3) is 0.318. The van der Waals surface area contributed by atoms with Crippen molar-refractivity contribution < 1.29 is 14.3 Å². The summed E-state index contributed by atoms with van der Waals surface area (Å²) in [6, 6.07) is 12.3. The number of carbonyl (C=O) groups is 2. The first-order valence-corrected chi connectivity index (χ1v) is 10.4. The molecule has 0 fully saturated rings. The lowest BCUT2D eigenvalue weighted by atomic mass is 9.85. The second-order valence-corrected chi connectivity index (χ2v) is 9.98. The highest BCUT2D eigenvalue weighted by atomic mass is 35.6. The number of aliphatic imine (C=N–C) groups is 1. The molecule has 1 amide bonds. The van der Waals surface area contributed by atoms with E-state index >= 15 is 0 Å². The monoisotopic (exact) mass is 466 g/mol. The van der Waals surface area contributed by atoms with Crippen molar-refractivity contribution in [3.05, 3.63) is 59.2 Å². The van der Waals surface area contributed by atoms with Gasteiger partial charge >= 0.3 is 0 Å². The zero-order valence-corrected chi connectivity index (χ0v) is 19.0. The van der Waals surface area contributed by atoms with E-state index in [9.17, 15) is 9.59 Å². The van der Waals surface area contributed by atoms with Crippen LogP contribution in [0, 0.1) is 0 Å². The number of fused-ring (bicyclic) bond motifs is 1. The fourth-order valence-electron chi connectivity index (χ4n) is 3.40. The molecule has 1 aliphatic rings. The van der Waals surface area contributed by atoms with E-state index in [-0.39, 0.29) is 17.7 Å². The van der Waals surface area contributed by atoms with Gasteiger partial charge in [-0.25, -0.2) is 0 Å². The van der Waals surface area contributed by atoms with Crippen LogP contribution in [0.1, 0.15) is 41.8 Å². The Labute approximate surface area is 190 Å². The minimum atomic E-state index is -2.09. The molecular formula is C22H21Cl3N2O3. The molecule has 0 spiro atoms. The second kappa shape index (κ2) is 8.58. The number of Topliss-reactive ketones (excluding diaryl/α,β-unsaturated/α-hetero) is 1. The molecular weight excluding hydrogens is 447 g/mol. The Kier molecular flexibility index (Phi) is 6.46. The van der Waals surface area contributed by atoms with E-state index < -0.39 is 9.70 Å². The van der Waals surface area contributed by atoms with Crippen LogP contribution in [-0.2, 0) is 11.2 Å². The van der Waals surface area contributed by atoms with Crippen molar-refractivity contribution in [3.63, 3.8) is 0 Å². The number of benzene rings is 2. The fourth-order valence-corrected chi connectivity index (χ4v) is 3.54. The van der Waals surface area contributed by atoms with E-state index in [1.807, 2.05) is 32.0 Å². The van der Waals surface area contributed by atoms with Crippen molar-refractivity contribution in [1.82, 2.24) is 0 Å². The smallest absolute Gasteiger partial charge is 0.276 e. The molecule has 2 aromatic carbocycles. The van der Waals surface area contributed by atoms with Crippen LogP contribution in [-0.4, -0.2) is 33.8 Å². The van der Waals surface area contributed by atoms with E-state index in [0.717, 1.165) is 17.5 Å². The van der Waals surface area contributed by atoms with Gasteiger partial charge in [0.2, 0.25) is 0 Å². The van der Waals surface area contributed by atoms with Gasteiger partial charge in [0.25, 0.3) is 9.70 Å². The highest BCUT2D eigenvalue weighted by Gasteiger charge is 2.31. The number of ketones is 1. The van der Waals surface area contributed by atoms with E-state index in [0.29, 0.717) is 22.7 Å². The Bertz CT molecular complexity index is 1030. The van der Waals surface area contributed by atoms with Crippen LogP contribution in [0.4, 0.5) is 5.69 Å². The summed E-state index contributed by atoms with van der Waals surface area (Å²) in [5, 5.41) is 2.49. The summed E-state index contributed by atoms with van der Waals surface area (Å²) in [6.45, 7) is 4.08. The number of alkyl halides is 3. The summed E-state index contributed by atoms with van der Waals surface area (Å²) in [7, 11) is 1.60. The summed E-state index contributed by atoms with van der Waals surface area (Å²) >= 11 is 16.8. The van der Waals surface area contributed by atoms with Gasteiger partial charge in [0.15, 0.2) is 5.78 Å². The number of anilines is 1. The van der Waals surface area contributed by atoms with E-state index in [1.165, 1.54) is 0 Å². The van der Waals surface area contributed by atoms with E-state index in [2.05, 4.69) is 5.32 Å². The molecule has 30 heavy (non-hydrogen) atoms. The van der Waals surface area contributed by atoms with Gasteiger partial charge in [-0.15, -0.1) is 0 Å². The van der Waals surface area contributed by atoms with Gasteiger partial charge in [0.05, 0.1) is 24.8 Å². The van der Waals surface area contributed by atoms with Crippen molar-refractivity contribution in [3.8, 4) is 5.75 Å². The summed E-state index contributed by atoms with van der Waals surface area (Å²) in [5.41, 5.74) is 3.24. The Morgan fingerprint density at radius 3 is 2.57 bits per heavy atom. The van der Waals surface area contributed by atoms with Crippen LogP contribution in [0.25, 0.3) is 0 Å².